The summed E-state index contributed by atoms with van der Waals surface area (Å²) >= 11 is -1.87. The zero-order chi connectivity index (χ0) is 15.7. The molecular formula is C16H36N3Sn. The molecule has 0 aromatic carbocycles. The summed E-state index contributed by atoms with van der Waals surface area (Å²) < 4.78 is 8.59. The minimum atomic E-state index is -1.87. The molecule has 1 aliphatic heterocycles. The quantitative estimate of drug-likeness (QED) is 0.616. The molecule has 4 heteroatoms. The van der Waals surface area contributed by atoms with Crippen molar-refractivity contribution in [1.29, 1.82) is 0 Å². The monoisotopic (exact) mass is 390 g/mol. The van der Waals surface area contributed by atoms with E-state index < -0.39 is 20.6 Å². The fraction of sp³-hybridized carbons (Fsp3) is 1.00. The second kappa shape index (κ2) is 6.84. The summed E-state index contributed by atoms with van der Waals surface area (Å²) in [7, 11) is 0. The Labute approximate surface area is 135 Å². The van der Waals surface area contributed by atoms with Crippen molar-refractivity contribution in [2.75, 3.05) is 13.1 Å². The zero-order valence-electron chi connectivity index (χ0n) is 15.2. The van der Waals surface area contributed by atoms with Crippen LogP contribution in [0.4, 0.5) is 0 Å². The van der Waals surface area contributed by atoms with Crippen molar-refractivity contribution in [3.05, 3.63) is 0 Å². The van der Waals surface area contributed by atoms with Gasteiger partial charge in [-0.1, -0.05) is 0 Å². The van der Waals surface area contributed by atoms with Gasteiger partial charge in [0.05, 0.1) is 0 Å². The minimum absolute atomic E-state index is 0.344. The van der Waals surface area contributed by atoms with Crippen LogP contribution in [0.2, 0.25) is 0 Å². The Bertz CT molecular complexity index is 289. The molecule has 119 valence electrons. The summed E-state index contributed by atoms with van der Waals surface area (Å²) in [6, 6.07) is 0. The van der Waals surface area contributed by atoms with Crippen LogP contribution in [0, 0.1) is 0 Å². The van der Waals surface area contributed by atoms with Crippen LogP contribution in [-0.2, 0) is 0 Å². The Kier molecular flexibility index (Phi) is 6.41. The van der Waals surface area contributed by atoms with Crippen molar-refractivity contribution >= 4 is 20.6 Å². The molecule has 0 aromatic rings. The molecule has 0 aliphatic carbocycles. The summed E-state index contributed by atoms with van der Waals surface area (Å²) in [4.78, 5) is 0. The predicted molar refractivity (Wildman–Crippen MR) is 90.6 cm³/mol. The van der Waals surface area contributed by atoms with Gasteiger partial charge in [-0.15, -0.1) is 0 Å². The Morgan fingerprint density at radius 3 is 1.45 bits per heavy atom. The summed E-state index contributed by atoms with van der Waals surface area (Å²) in [5.41, 5.74) is 0.689. The van der Waals surface area contributed by atoms with Gasteiger partial charge in [-0.05, 0) is 0 Å². The van der Waals surface area contributed by atoms with Crippen molar-refractivity contribution in [3.63, 3.8) is 0 Å². The maximum atomic E-state index is 2.90. The van der Waals surface area contributed by atoms with Crippen molar-refractivity contribution in [1.82, 2.24) is 9.36 Å². The molecule has 3 nitrogen and oxygen atoms in total. The van der Waals surface area contributed by atoms with Crippen molar-refractivity contribution < 1.29 is 0 Å². The molecule has 0 N–H and O–H groups in total. The number of rotatable bonds is 7. The molecule has 20 heavy (non-hydrogen) atoms. The van der Waals surface area contributed by atoms with Crippen molar-refractivity contribution in [2.45, 2.75) is 92.4 Å². The van der Waals surface area contributed by atoms with E-state index in [1.165, 1.54) is 25.9 Å². The van der Waals surface area contributed by atoms with E-state index in [1.54, 1.807) is 0 Å². The molecule has 1 fully saturated rings. The van der Waals surface area contributed by atoms with Gasteiger partial charge in [-0.2, -0.15) is 0 Å². The van der Waals surface area contributed by atoms with Gasteiger partial charge >= 0.3 is 135 Å². The van der Waals surface area contributed by atoms with Crippen LogP contribution in [0.15, 0.2) is 0 Å². The predicted octanol–water partition coefficient (Wildman–Crippen LogP) is 3.65. The molecule has 1 aliphatic rings. The molecule has 1 radical (unpaired) electrons. The average molecular weight is 389 g/mol. The van der Waals surface area contributed by atoms with Crippen molar-refractivity contribution in [3.8, 4) is 0 Å². The Morgan fingerprint density at radius 1 is 0.850 bits per heavy atom. The van der Waals surface area contributed by atoms with Gasteiger partial charge in [0.2, 0.25) is 0 Å². The standard InChI is InChI=1S/C12H26N2.C4H10N.Sn/c1-8-11(4,5)13-10(3)14-12(6,7)9-2;1-3-5-4-2;/h10H,8-9H2,1-7H3;3-4H2,1-2H3;/q-2;-1;+3. The number of hydrogen-bond acceptors (Lipinski definition) is 3. The first-order valence-electron chi connectivity index (χ1n) is 8.38. The molecule has 0 spiro atoms. The maximum absolute atomic E-state index is 2.90. The molecule has 1 saturated heterocycles. The molecule has 0 saturated carbocycles. The summed E-state index contributed by atoms with van der Waals surface area (Å²) in [6.07, 6.45) is 3.08. The Hall–Kier alpha value is 0.679. The molecule has 0 atom stereocenters. The third-order valence-electron chi connectivity index (χ3n) is 5.26. The van der Waals surface area contributed by atoms with Gasteiger partial charge in [0.1, 0.15) is 0 Å². The van der Waals surface area contributed by atoms with E-state index in [0.29, 0.717) is 17.2 Å². The summed E-state index contributed by atoms with van der Waals surface area (Å²) in [6.45, 7) is 23.9. The summed E-state index contributed by atoms with van der Waals surface area (Å²) in [5, 5.41) is 0. The Balaban J connectivity index is 3.10. The molecule has 0 unspecified atom stereocenters. The average Bonchev–Trinajstić information content (AvgIpc) is 2.38. The fourth-order valence-electron chi connectivity index (χ4n) is 3.21. The van der Waals surface area contributed by atoms with E-state index in [9.17, 15) is 0 Å². The molecule has 0 amide bonds. The van der Waals surface area contributed by atoms with Crippen molar-refractivity contribution in [2.24, 2.45) is 0 Å². The first kappa shape index (κ1) is 18.7. The Morgan fingerprint density at radius 2 is 1.20 bits per heavy atom. The fourth-order valence-corrected chi connectivity index (χ4v) is 13.3. The second-order valence-corrected chi connectivity index (χ2v) is 13.4. The number of nitrogens with zero attached hydrogens (tertiary/aromatic N) is 3. The second-order valence-electron chi connectivity index (χ2n) is 7.18. The van der Waals surface area contributed by atoms with E-state index >= 15 is 0 Å². The van der Waals surface area contributed by atoms with E-state index in [2.05, 4.69) is 71.7 Å². The van der Waals surface area contributed by atoms with E-state index in [1.807, 2.05) is 0 Å². The molecule has 1 rings (SSSR count). The van der Waals surface area contributed by atoms with Crippen LogP contribution in [0.5, 0.6) is 0 Å². The third-order valence-corrected chi connectivity index (χ3v) is 16.7. The van der Waals surface area contributed by atoms with Crippen LogP contribution >= 0.6 is 0 Å². The van der Waals surface area contributed by atoms with Crippen LogP contribution in [0.25, 0.3) is 0 Å². The van der Waals surface area contributed by atoms with Crippen LogP contribution in [-0.4, -0.2) is 60.3 Å². The summed E-state index contributed by atoms with van der Waals surface area (Å²) in [5.74, 6) is 0. The van der Waals surface area contributed by atoms with E-state index in [0.717, 1.165) is 0 Å². The van der Waals surface area contributed by atoms with Gasteiger partial charge in [-0.25, -0.2) is 0 Å². The first-order valence-corrected chi connectivity index (χ1v) is 12.2. The van der Waals surface area contributed by atoms with Gasteiger partial charge in [0, 0.05) is 0 Å². The number of hydrogen-bond donors (Lipinski definition) is 0. The zero-order valence-corrected chi connectivity index (χ0v) is 18.1. The first-order chi connectivity index (χ1) is 9.17. The molecule has 1 heterocycles. The van der Waals surface area contributed by atoms with E-state index in [-0.39, 0.29) is 0 Å². The van der Waals surface area contributed by atoms with E-state index in [4.69, 9.17) is 0 Å². The van der Waals surface area contributed by atoms with Crippen LogP contribution < -0.4 is 0 Å². The van der Waals surface area contributed by atoms with Gasteiger partial charge in [-0.3, -0.25) is 0 Å². The SMILES string of the molecule is CC[N](CC)[Sn]1[N](C(C)(C)CC)C(C)[N]1C(C)(C)CC. The molecular weight excluding hydrogens is 353 g/mol. The topological polar surface area (TPSA) is 9.72 Å². The van der Waals surface area contributed by atoms with Crippen LogP contribution in [0.1, 0.15) is 75.2 Å². The van der Waals surface area contributed by atoms with Gasteiger partial charge in [0.15, 0.2) is 0 Å². The third kappa shape index (κ3) is 3.20. The normalized spacial score (nSPS) is 20.7. The van der Waals surface area contributed by atoms with Gasteiger partial charge < -0.3 is 0 Å². The van der Waals surface area contributed by atoms with Crippen LogP contribution in [0.3, 0.4) is 0 Å². The molecule has 0 bridgehead atoms. The van der Waals surface area contributed by atoms with Gasteiger partial charge in [0.25, 0.3) is 0 Å². The molecule has 0 aromatic heterocycles.